The van der Waals surface area contributed by atoms with Gasteiger partial charge in [0.15, 0.2) is 5.69 Å². The lowest BCUT2D eigenvalue weighted by Gasteiger charge is -2.51. The average Bonchev–Trinajstić information content (AvgIpc) is 3.17. The number of carboxylic acid groups (broad SMARTS) is 1. The van der Waals surface area contributed by atoms with Crippen LogP contribution >= 0.6 is 0 Å². The maximum Gasteiger partial charge on any atom is 0.354 e. The first-order valence-corrected chi connectivity index (χ1v) is 10.0. The molecule has 1 aromatic carbocycles. The van der Waals surface area contributed by atoms with Crippen LogP contribution in [0.15, 0.2) is 42.5 Å². The van der Waals surface area contributed by atoms with E-state index in [1.165, 1.54) is 18.4 Å². The lowest BCUT2D eigenvalue weighted by atomic mass is 9.75. The van der Waals surface area contributed by atoms with Crippen molar-refractivity contribution in [2.24, 2.45) is 5.92 Å². The third-order valence-electron chi connectivity index (χ3n) is 6.78. The largest absolute Gasteiger partial charge is 0.496 e. The number of methoxy groups -OCH3 is 1. The molecule has 3 atom stereocenters. The van der Waals surface area contributed by atoms with E-state index in [1.54, 1.807) is 19.2 Å². The summed E-state index contributed by atoms with van der Waals surface area (Å²) in [5, 5.41) is 9.38. The van der Waals surface area contributed by atoms with Crippen LogP contribution in [-0.4, -0.2) is 59.8 Å². The molecule has 2 bridgehead atoms. The van der Waals surface area contributed by atoms with Crippen molar-refractivity contribution in [3.8, 4) is 5.75 Å². The van der Waals surface area contributed by atoms with E-state index in [0.717, 1.165) is 31.2 Å². The monoisotopic (exact) mass is 379 g/mol. The standard InChI is InChI=1S/C22H25N3O3/c1-28-18-7-3-2-5-15(18)16-13-25(19-8-4-6-17(23-19)22(26)27)20-14-9-11-24(12-10-14)21(16)20/h2-8,14,16,20-21H,9-13H2,1H3,(H,26,27)/t16-,20-,21-/m1/s1. The van der Waals surface area contributed by atoms with Gasteiger partial charge in [0.25, 0.3) is 0 Å². The highest BCUT2D eigenvalue weighted by Crippen LogP contribution is 2.49. The van der Waals surface area contributed by atoms with Gasteiger partial charge >= 0.3 is 5.97 Å². The van der Waals surface area contributed by atoms with Crippen molar-refractivity contribution in [1.29, 1.82) is 0 Å². The number of ether oxygens (including phenoxy) is 1. The van der Waals surface area contributed by atoms with Crippen LogP contribution in [0.2, 0.25) is 0 Å². The number of hydrogen-bond acceptors (Lipinski definition) is 5. The predicted octanol–water partition coefficient (Wildman–Crippen LogP) is 2.86. The number of pyridine rings is 1. The van der Waals surface area contributed by atoms with Crippen molar-refractivity contribution < 1.29 is 14.6 Å². The van der Waals surface area contributed by atoms with Gasteiger partial charge in [-0.2, -0.15) is 0 Å². The van der Waals surface area contributed by atoms with Crippen molar-refractivity contribution in [1.82, 2.24) is 9.88 Å². The lowest BCUT2D eigenvalue weighted by Crippen LogP contribution is -2.60. The molecule has 6 heteroatoms. The Labute approximate surface area is 164 Å². The van der Waals surface area contributed by atoms with E-state index in [9.17, 15) is 9.90 Å². The molecule has 4 saturated heterocycles. The number of piperidine rings is 3. The summed E-state index contributed by atoms with van der Waals surface area (Å²) in [6.45, 7) is 3.13. The summed E-state index contributed by atoms with van der Waals surface area (Å²) in [5.41, 5.74) is 1.35. The van der Waals surface area contributed by atoms with E-state index < -0.39 is 5.97 Å². The molecule has 1 aromatic heterocycles. The second kappa shape index (κ2) is 6.78. The van der Waals surface area contributed by atoms with Gasteiger partial charge in [-0.15, -0.1) is 0 Å². The molecule has 0 unspecified atom stereocenters. The van der Waals surface area contributed by atoms with Crippen LogP contribution in [0.25, 0.3) is 0 Å². The molecule has 6 rings (SSSR count). The minimum Gasteiger partial charge on any atom is -0.496 e. The molecular weight excluding hydrogens is 354 g/mol. The molecule has 0 saturated carbocycles. The SMILES string of the molecule is COc1ccccc1[C@H]1CN(c2cccc(C(=O)O)n2)[C@@H]2C3CCN(CC3)[C@H]12. The van der Waals surface area contributed by atoms with Crippen molar-refractivity contribution in [3.63, 3.8) is 0 Å². The highest BCUT2D eigenvalue weighted by Gasteiger charge is 2.54. The molecule has 146 valence electrons. The van der Waals surface area contributed by atoms with E-state index >= 15 is 0 Å². The Bertz CT molecular complexity index is 894. The number of carbonyl (C=O) groups is 1. The first-order chi connectivity index (χ1) is 13.7. The van der Waals surface area contributed by atoms with Crippen LogP contribution < -0.4 is 9.64 Å². The lowest BCUT2D eigenvalue weighted by molar-refractivity contribution is 0.0352. The van der Waals surface area contributed by atoms with Gasteiger partial charge < -0.3 is 14.7 Å². The van der Waals surface area contributed by atoms with Gasteiger partial charge in [0, 0.05) is 30.1 Å². The molecular formula is C22H25N3O3. The number of nitrogens with zero attached hydrogens (tertiary/aromatic N) is 3. The number of anilines is 1. The quantitative estimate of drug-likeness (QED) is 0.881. The molecule has 5 heterocycles. The fraction of sp³-hybridized carbons (Fsp3) is 0.455. The summed E-state index contributed by atoms with van der Waals surface area (Å²) >= 11 is 0. The van der Waals surface area contributed by atoms with Gasteiger partial charge in [-0.3, -0.25) is 4.90 Å². The topological polar surface area (TPSA) is 65.9 Å². The predicted molar refractivity (Wildman–Crippen MR) is 106 cm³/mol. The van der Waals surface area contributed by atoms with E-state index in [4.69, 9.17) is 4.74 Å². The normalized spacial score (nSPS) is 30.9. The fourth-order valence-electron chi connectivity index (χ4n) is 5.63. The van der Waals surface area contributed by atoms with E-state index in [-0.39, 0.29) is 5.69 Å². The van der Waals surface area contributed by atoms with Crippen LogP contribution in [0, 0.1) is 5.92 Å². The zero-order chi connectivity index (χ0) is 19.3. The summed E-state index contributed by atoms with van der Waals surface area (Å²) in [5.74, 6) is 1.68. The van der Waals surface area contributed by atoms with Gasteiger partial charge in [0.1, 0.15) is 11.6 Å². The zero-order valence-electron chi connectivity index (χ0n) is 16.0. The Hall–Kier alpha value is -2.60. The molecule has 4 aliphatic rings. The molecule has 1 N–H and O–H groups in total. The fourth-order valence-corrected chi connectivity index (χ4v) is 5.63. The number of fused-ring (bicyclic) bond motifs is 2. The number of hydrogen-bond donors (Lipinski definition) is 1. The van der Waals surface area contributed by atoms with Gasteiger partial charge in [-0.1, -0.05) is 24.3 Å². The first kappa shape index (κ1) is 17.5. The van der Waals surface area contributed by atoms with Gasteiger partial charge in [0.05, 0.1) is 7.11 Å². The molecule has 0 aliphatic carbocycles. The Kier molecular flexibility index (Phi) is 4.23. The summed E-state index contributed by atoms with van der Waals surface area (Å²) < 4.78 is 5.68. The van der Waals surface area contributed by atoms with Crippen molar-refractivity contribution >= 4 is 11.8 Å². The molecule has 28 heavy (non-hydrogen) atoms. The summed E-state index contributed by atoms with van der Waals surface area (Å²) in [4.78, 5) is 20.9. The number of carboxylic acids is 1. The Morgan fingerprint density at radius 1 is 1.11 bits per heavy atom. The van der Waals surface area contributed by atoms with Crippen LogP contribution in [0.5, 0.6) is 5.75 Å². The molecule has 0 radical (unpaired) electrons. The van der Waals surface area contributed by atoms with E-state index in [0.29, 0.717) is 23.9 Å². The van der Waals surface area contributed by atoms with Crippen LogP contribution in [0.3, 0.4) is 0 Å². The third-order valence-corrected chi connectivity index (χ3v) is 6.78. The minimum absolute atomic E-state index is 0.107. The van der Waals surface area contributed by atoms with E-state index in [2.05, 4.69) is 26.9 Å². The maximum absolute atomic E-state index is 11.4. The average molecular weight is 379 g/mol. The van der Waals surface area contributed by atoms with Crippen molar-refractivity contribution in [2.75, 3.05) is 31.6 Å². The first-order valence-electron chi connectivity index (χ1n) is 10.0. The van der Waals surface area contributed by atoms with Crippen LogP contribution in [-0.2, 0) is 0 Å². The second-order valence-electron chi connectivity index (χ2n) is 8.04. The Morgan fingerprint density at radius 3 is 2.64 bits per heavy atom. The van der Waals surface area contributed by atoms with Gasteiger partial charge in [0.2, 0.25) is 0 Å². The summed E-state index contributed by atoms with van der Waals surface area (Å²) in [6.07, 6.45) is 2.41. The summed E-state index contributed by atoms with van der Waals surface area (Å²) in [6, 6.07) is 14.4. The molecule has 6 nitrogen and oxygen atoms in total. The van der Waals surface area contributed by atoms with Gasteiger partial charge in [-0.25, -0.2) is 9.78 Å². The smallest absolute Gasteiger partial charge is 0.354 e. The second-order valence-corrected chi connectivity index (χ2v) is 8.04. The number of rotatable bonds is 4. The summed E-state index contributed by atoms with van der Waals surface area (Å²) in [7, 11) is 1.73. The number of benzene rings is 1. The minimum atomic E-state index is -0.979. The van der Waals surface area contributed by atoms with Crippen molar-refractivity contribution in [2.45, 2.75) is 30.8 Å². The molecule has 2 aromatic rings. The van der Waals surface area contributed by atoms with Crippen LogP contribution in [0.4, 0.5) is 5.82 Å². The van der Waals surface area contributed by atoms with E-state index in [1.807, 2.05) is 18.2 Å². The highest BCUT2D eigenvalue weighted by molar-refractivity contribution is 5.85. The Balaban J connectivity index is 1.58. The zero-order valence-corrected chi connectivity index (χ0v) is 16.0. The van der Waals surface area contributed by atoms with Gasteiger partial charge in [-0.05, 0) is 50.0 Å². The Morgan fingerprint density at radius 2 is 1.89 bits per heavy atom. The molecule has 4 aliphatic heterocycles. The number of aromatic nitrogens is 1. The maximum atomic E-state index is 11.4. The van der Waals surface area contributed by atoms with Crippen LogP contribution in [0.1, 0.15) is 34.8 Å². The highest BCUT2D eigenvalue weighted by atomic mass is 16.5. The number of aromatic carboxylic acids is 1. The third kappa shape index (κ3) is 2.66. The molecule has 4 fully saturated rings. The molecule has 0 amide bonds. The van der Waals surface area contributed by atoms with Crippen molar-refractivity contribution in [3.05, 3.63) is 53.7 Å². The number of para-hydroxylation sites is 1. The molecule has 0 spiro atoms.